The molecule has 0 saturated carbocycles. The summed E-state index contributed by atoms with van der Waals surface area (Å²) in [6.45, 7) is 4.73. The second-order valence-electron chi connectivity index (χ2n) is 3.92. The van der Waals surface area contributed by atoms with Crippen molar-refractivity contribution in [2.24, 2.45) is 0 Å². The maximum absolute atomic E-state index is 7.74. The van der Waals surface area contributed by atoms with Crippen LogP contribution >= 0.6 is 0 Å². The van der Waals surface area contributed by atoms with E-state index in [1.165, 1.54) is 12.7 Å². The zero-order valence-corrected chi connectivity index (χ0v) is 12.3. The fourth-order valence-corrected chi connectivity index (χ4v) is 1.74. The van der Waals surface area contributed by atoms with E-state index in [4.69, 9.17) is 10.1 Å². The summed E-state index contributed by atoms with van der Waals surface area (Å²) in [6.07, 6.45) is 0. The molecule has 2 aromatic rings. The number of hydrogen-bond acceptors (Lipinski definition) is 3. The fourth-order valence-electron chi connectivity index (χ4n) is 1.74. The summed E-state index contributed by atoms with van der Waals surface area (Å²) in [5, 5.41) is 11.1. The molecule has 0 amide bonds. The van der Waals surface area contributed by atoms with E-state index in [1.54, 1.807) is 0 Å². The fraction of sp³-hybridized carbons (Fsp3) is 0.235. The molecule has 20 heavy (non-hydrogen) atoms. The van der Waals surface area contributed by atoms with Crippen LogP contribution in [0.1, 0.15) is 25.0 Å². The highest BCUT2D eigenvalue weighted by atomic mass is 16.5. The summed E-state index contributed by atoms with van der Waals surface area (Å²) in [7, 11) is 1.51. The molecule has 2 aromatic carbocycles. The first-order valence-corrected chi connectivity index (χ1v) is 6.81. The lowest BCUT2D eigenvalue weighted by molar-refractivity contribution is 0.401. The Bertz CT molecular complexity index is 524. The molecule has 0 unspecified atom stereocenters. The molecule has 2 rings (SSSR count). The first kappa shape index (κ1) is 15.8. The van der Waals surface area contributed by atoms with Crippen molar-refractivity contribution in [3.63, 3.8) is 0 Å². The van der Waals surface area contributed by atoms with Crippen LogP contribution < -0.4 is 5.32 Å². The van der Waals surface area contributed by atoms with Gasteiger partial charge in [0.2, 0.25) is 5.90 Å². The zero-order chi connectivity index (χ0) is 14.8. The zero-order valence-electron chi connectivity index (χ0n) is 12.3. The van der Waals surface area contributed by atoms with Gasteiger partial charge < -0.3 is 10.1 Å². The van der Waals surface area contributed by atoms with Crippen molar-refractivity contribution in [2.45, 2.75) is 20.4 Å². The molecule has 0 aromatic heterocycles. The third-order valence-corrected chi connectivity index (χ3v) is 2.70. The van der Waals surface area contributed by atoms with Crippen LogP contribution in [0.15, 0.2) is 54.6 Å². The smallest absolute Gasteiger partial charge is 0.215 e. The van der Waals surface area contributed by atoms with Crippen molar-refractivity contribution in [2.75, 3.05) is 12.4 Å². The molecular weight excluding hydrogens is 248 g/mol. The van der Waals surface area contributed by atoms with Crippen LogP contribution in [0.25, 0.3) is 0 Å². The molecule has 3 nitrogen and oxygen atoms in total. The van der Waals surface area contributed by atoms with Gasteiger partial charge in [-0.2, -0.15) is 0 Å². The summed E-state index contributed by atoms with van der Waals surface area (Å²) < 4.78 is 4.97. The minimum atomic E-state index is 0.172. The van der Waals surface area contributed by atoms with Gasteiger partial charge in [0.25, 0.3) is 0 Å². The predicted molar refractivity (Wildman–Crippen MR) is 85.4 cm³/mol. The summed E-state index contributed by atoms with van der Waals surface area (Å²) in [6, 6.07) is 17.8. The number of benzene rings is 2. The number of rotatable bonds is 4. The van der Waals surface area contributed by atoms with Gasteiger partial charge in [0.1, 0.15) is 0 Å². The van der Waals surface area contributed by atoms with E-state index in [9.17, 15) is 0 Å². The van der Waals surface area contributed by atoms with Gasteiger partial charge in [0.05, 0.1) is 12.7 Å². The first-order valence-electron chi connectivity index (χ1n) is 6.81. The summed E-state index contributed by atoms with van der Waals surface area (Å²) in [5.41, 5.74) is 2.89. The first-order chi connectivity index (χ1) is 9.81. The maximum atomic E-state index is 7.74. The molecule has 0 aliphatic carbocycles. The Morgan fingerprint density at radius 3 is 2.25 bits per heavy atom. The number of anilines is 1. The summed E-state index contributed by atoms with van der Waals surface area (Å²) in [5.74, 6) is 0.172. The molecule has 3 heteroatoms. The number of nitrogens with one attached hydrogen (secondary N) is 2. The van der Waals surface area contributed by atoms with E-state index < -0.39 is 0 Å². The lowest BCUT2D eigenvalue weighted by atomic mass is 10.1. The summed E-state index contributed by atoms with van der Waals surface area (Å²) in [4.78, 5) is 0. The minimum absolute atomic E-state index is 0.172. The standard InChI is InChI=1S/C15H16N2O.C2H6/c1-18-15(16)13-9-5-6-10-14(13)17-11-12-7-3-2-4-8-12;1-2/h2-10,16-17H,11H2,1H3;1-2H3. The van der Waals surface area contributed by atoms with Gasteiger partial charge in [-0.3, -0.25) is 5.41 Å². The van der Waals surface area contributed by atoms with Crippen LogP contribution in [0, 0.1) is 5.41 Å². The maximum Gasteiger partial charge on any atom is 0.215 e. The minimum Gasteiger partial charge on any atom is -0.481 e. The normalized spacial score (nSPS) is 9.15. The second kappa shape index (κ2) is 8.75. The van der Waals surface area contributed by atoms with E-state index in [-0.39, 0.29) is 5.90 Å². The number of methoxy groups -OCH3 is 1. The average molecular weight is 270 g/mol. The SMILES string of the molecule is CC.COC(=N)c1ccccc1NCc1ccccc1. The van der Waals surface area contributed by atoms with E-state index in [1.807, 2.05) is 56.3 Å². The highest BCUT2D eigenvalue weighted by molar-refractivity contribution is 5.97. The van der Waals surface area contributed by atoms with Crippen LogP contribution in [0.4, 0.5) is 5.69 Å². The van der Waals surface area contributed by atoms with Gasteiger partial charge in [0.15, 0.2) is 0 Å². The molecule has 0 heterocycles. The van der Waals surface area contributed by atoms with Crippen LogP contribution in [-0.4, -0.2) is 13.0 Å². The third kappa shape index (κ3) is 4.43. The molecule has 0 atom stereocenters. The van der Waals surface area contributed by atoms with Gasteiger partial charge in [-0.25, -0.2) is 0 Å². The predicted octanol–water partition coefficient (Wildman–Crippen LogP) is 4.30. The van der Waals surface area contributed by atoms with Crippen molar-refractivity contribution >= 4 is 11.6 Å². The molecule has 0 fully saturated rings. The van der Waals surface area contributed by atoms with Gasteiger partial charge in [-0.1, -0.05) is 56.3 Å². The van der Waals surface area contributed by atoms with Crippen LogP contribution in [0.3, 0.4) is 0 Å². The highest BCUT2D eigenvalue weighted by Crippen LogP contribution is 2.16. The van der Waals surface area contributed by atoms with Gasteiger partial charge in [-0.05, 0) is 17.7 Å². The monoisotopic (exact) mass is 270 g/mol. The average Bonchev–Trinajstić information content (AvgIpc) is 2.55. The van der Waals surface area contributed by atoms with Crippen molar-refractivity contribution in [1.29, 1.82) is 5.41 Å². The molecule has 0 spiro atoms. The van der Waals surface area contributed by atoms with Crippen LogP contribution in [0.5, 0.6) is 0 Å². The lowest BCUT2D eigenvalue weighted by Gasteiger charge is -2.12. The van der Waals surface area contributed by atoms with Crippen molar-refractivity contribution in [3.05, 3.63) is 65.7 Å². The summed E-state index contributed by atoms with van der Waals surface area (Å²) >= 11 is 0. The largest absolute Gasteiger partial charge is 0.481 e. The Labute approximate surface area is 121 Å². The van der Waals surface area contributed by atoms with Crippen LogP contribution in [-0.2, 0) is 11.3 Å². The van der Waals surface area contributed by atoms with Gasteiger partial charge >= 0.3 is 0 Å². The van der Waals surface area contributed by atoms with E-state index >= 15 is 0 Å². The van der Waals surface area contributed by atoms with Crippen molar-refractivity contribution in [1.82, 2.24) is 0 Å². The molecule has 106 valence electrons. The Morgan fingerprint density at radius 2 is 1.60 bits per heavy atom. The highest BCUT2D eigenvalue weighted by Gasteiger charge is 2.06. The quantitative estimate of drug-likeness (QED) is 0.642. The van der Waals surface area contributed by atoms with Crippen molar-refractivity contribution in [3.8, 4) is 0 Å². The molecular formula is C17H22N2O. The molecule has 0 saturated heterocycles. The number of para-hydroxylation sites is 1. The molecule has 2 N–H and O–H groups in total. The van der Waals surface area contributed by atoms with Gasteiger partial charge in [0, 0.05) is 12.2 Å². The van der Waals surface area contributed by atoms with Crippen LogP contribution in [0.2, 0.25) is 0 Å². The topological polar surface area (TPSA) is 45.1 Å². The van der Waals surface area contributed by atoms with E-state index in [0.717, 1.165) is 17.8 Å². The second-order valence-corrected chi connectivity index (χ2v) is 3.92. The third-order valence-electron chi connectivity index (χ3n) is 2.70. The Morgan fingerprint density at radius 1 is 1.00 bits per heavy atom. The molecule has 0 radical (unpaired) electrons. The molecule has 0 aliphatic heterocycles. The van der Waals surface area contributed by atoms with E-state index in [2.05, 4.69) is 17.4 Å². The Balaban J connectivity index is 0.000000956. The molecule has 0 bridgehead atoms. The Hall–Kier alpha value is -2.29. The Kier molecular flexibility index (Phi) is 6.90. The number of hydrogen-bond donors (Lipinski definition) is 2. The van der Waals surface area contributed by atoms with Crippen molar-refractivity contribution < 1.29 is 4.74 Å². The van der Waals surface area contributed by atoms with Gasteiger partial charge in [-0.15, -0.1) is 0 Å². The lowest BCUT2D eigenvalue weighted by Crippen LogP contribution is -2.08. The van der Waals surface area contributed by atoms with E-state index in [0.29, 0.717) is 0 Å². The number of ether oxygens (including phenoxy) is 1. The molecule has 0 aliphatic rings.